The van der Waals surface area contributed by atoms with Crippen molar-refractivity contribution in [1.82, 2.24) is 14.4 Å². The summed E-state index contributed by atoms with van der Waals surface area (Å²) >= 11 is 0. The van der Waals surface area contributed by atoms with E-state index in [-0.39, 0.29) is 11.7 Å². The Bertz CT molecular complexity index is 1320. The Kier molecular flexibility index (Phi) is 3.98. The van der Waals surface area contributed by atoms with Crippen LogP contribution in [0.3, 0.4) is 0 Å². The first kappa shape index (κ1) is 17.0. The zero-order chi connectivity index (χ0) is 19.8. The number of nitrogens with zero attached hydrogens (tertiary/aromatic N) is 3. The third-order valence-electron chi connectivity index (χ3n) is 4.60. The molecule has 1 N–H and O–H groups in total. The molecule has 5 aromatic rings. The molecule has 0 aliphatic rings. The Morgan fingerprint density at radius 2 is 2.03 bits per heavy atom. The minimum atomic E-state index is -0.336. The number of benzene rings is 2. The minimum Gasteiger partial charge on any atom is -0.493 e. The summed E-state index contributed by atoms with van der Waals surface area (Å²) in [6.45, 7) is 0. The maximum Gasteiger partial charge on any atom is 0.291 e. The number of para-hydroxylation sites is 1. The van der Waals surface area contributed by atoms with Crippen LogP contribution in [0.1, 0.15) is 10.6 Å². The van der Waals surface area contributed by atoms with Crippen LogP contribution in [0.4, 0.5) is 5.69 Å². The molecule has 0 radical (unpaired) electrons. The fourth-order valence-corrected chi connectivity index (χ4v) is 3.23. The van der Waals surface area contributed by atoms with Crippen LogP contribution in [0.25, 0.3) is 28.0 Å². The molecule has 0 aliphatic heterocycles. The number of hydrogen-bond donors (Lipinski definition) is 1. The first-order chi connectivity index (χ1) is 14.2. The average Bonchev–Trinajstić information content (AvgIpc) is 3.38. The lowest BCUT2D eigenvalue weighted by Gasteiger charge is -2.05. The fourth-order valence-electron chi connectivity index (χ4n) is 3.23. The lowest BCUT2D eigenvalue weighted by Crippen LogP contribution is -2.10. The van der Waals surface area contributed by atoms with Crippen LogP contribution in [-0.2, 0) is 0 Å². The summed E-state index contributed by atoms with van der Waals surface area (Å²) in [4.78, 5) is 21.4. The molecule has 2 aromatic carbocycles. The standard InChI is InChI=1S/C22H16N4O3/c1-28-18-8-3-6-15-12-19(29-20(15)18)21(27)24-16-7-2-5-14(11-16)17-13-26-10-4-9-23-22(26)25-17/h2-13H,1H3,(H,24,27). The Morgan fingerprint density at radius 3 is 2.90 bits per heavy atom. The molecule has 0 unspecified atom stereocenters. The summed E-state index contributed by atoms with van der Waals surface area (Å²) in [6, 6.07) is 16.5. The summed E-state index contributed by atoms with van der Waals surface area (Å²) < 4.78 is 12.9. The molecule has 0 bridgehead atoms. The zero-order valence-electron chi connectivity index (χ0n) is 15.5. The van der Waals surface area contributed by atoms with Gasteiger partial charge in [-0.05, 0) is 30.3 Å². The lowest BCUT2D eigenvalue weighted by molar-refractivity contribution is 0.0998. The second kappa shape index (κ2) is 6.79. The summed E-state index contributed by atoms with van der Waals surface area (Å²) in [6.07, 6.45) is 5.49. The van der Waals surface area contributed by atoms with E-state index in [0.717, 1.165) is 16.6 Å². The molecule has 0 saturated heterocycles. The lowest BCUT2D eigenvalue weighted by atomic mass is 10.1. The molecule has 1 amide bonds. The van der Waals surface area contributed by atoms with Crippen molar-refractivity contribution in [3.8, 4) is 17.0 Å². The van der Waals surface area contributed by atoms with Gasteiger partial charge in [0.25, 0.3) is 5.91 Å². The molecule has 0 fully saturated rings. The highest BCUT2D eigenvalue weighted by Gasteiger charge is 2.15. The molecule has 142 valence electrons. The number of hydrogen-bond acceptors (Lipinski definition) is 5. The number of fused-ring (bicyclic) bond motifs is 2. The van der Waals surface area contributed by atoms with Crippen LogP contribution in [0.2, 0.25) is 0 Å². The van der Waals surface area contributed by atoms with Crippen LogP contribution in [0.5, 0.6) is 5.75 Å². The van der Waals surface area contributed by atoms with E-state index in [2.05, 4.69) is 15.3 Å². The van der Waals surface area contributed by atoms with E-state index in [1.165, 1.54) is 0 Å². The van der Waals surface area contributed by atoms with Crippen LogP contribution in [0, 0.1) is 0 Å². The molecule has 7 heteroatoms. The Hall–Kier alpha value is -4.13. The number of carbonyl (C=O) groups excluding carboxylic acids is 1. The van der Waals surface area contributed by atoms with E-state index >= 15 is 0 Å². The first-order valence-electron chi connectivity index (χ1n) is 8.99. The van der Waals surface area contributed by atoms with Gasteiger partial charge in [0.1, 0.15) is 0 Å². The number of carbonyl (C=O) groups is 1. The molecule has 0 atom stereocenters. The normalized spacial score (nSPS) is 11.1. The summed E-state index contributed by atoms with van der Waals surface area (Å²) in [5, 5.41) is 3.68. The van der Waals surface area contributed by atoms with Gasteiger partial charge in [0.05, 0.1) is 12.8 Å². The Balaban J connectivity index is 1.43. The topological polar surface area (TPSA) is 81.7 Å². The number of nitrogens with one attached hydrogen (secondary N) is 1. The van der Waals surface area contributed by atoms with Gasteiger partial charge in [-0.3, -0.25) is 9.20 Å². The van der Waals surface area contributed by atoms with Crippen LogP contribution in [0.15, 0.2) is 77.6 Å². The second-order valence-corrected chi connectivity index (χ2v) is 6.48. The van der Waals surface area contributed by atoms with Gasteiger partial charge in [0, 0.05) is 35.2 Å². The molecule has 29 heavy (non-hydrogen) atoms. The highest BCUT2D eigenvalue weighted by molar-refractivity contribution is 6.05. The first-order valence-corrected chi connectivity index (χ1v) is 8.99. The SMILES string of the molecule is COc1cccc2cc(C(=O)Nc3cccc(-c4cn5cccnc5n4)c3)oc12. The third kappa shape index (κ3) is 3.08. The van der Waals surface area contributed by atoms with Gasteiger partial charge in [-0.2, -0.15) is 0 Å². The van der Waals surface area contributed by atoms with Crippen molar-refractivity contribution in [2.45, 2.75) is 0 Å². The monoisotopic (exact) mass is 384 g/mol. The number of imidazole rings is 1. The number of methoxy groups -OCH3 is 1. The van der Waals surface area contributed by atoms with Crippen molar-refractivity contribution in [1.29, 1.82) is 0 Å². The van der Waals surface area contributed by atoms with E-state index in [1.54, 1.807) is 25.4 Å². The van der Waals surface area contributed by atoms with Gasteiger partial charge in [-0.1, -0.05) is 24.3 Å². The maximum atomic E-state index is 12.7. The van der Waals surface area contributed by atoms with Gasteiger partial charge in [0.2, 0.25) is 5.78 Å². The van der Waals surface area contributed by atoms with Crippen LogP contribution in [-0.4, -0.2) is 27.4 Å². The zero-order valence-corrected chi connectivity index (χ0v) is 15.5. The summed E-state index contributed by atoms with van der Waals surface area (Å²) in [7, 11) is 1.57. The van der Waals surface area contributed by atoms with Crippen molar-refractivity contribution in [3.63, 3.8) is 0 Å². The Labute approximate surface area is 165 Å². The van der Waals surface area contributed by atoms with Crippen molar-refractivity contribution in [3.05, 3.63) is 78.9 Å². The Morgan fingerprint density at radius 1 is 1.14 bits per heavy atom. The number of furan rings is 1. The van der Waals surface area contributed by atoms with Crippen LogP contribution >= 0.6 is 0 Å². The van der Waals surface area contributed by atoms with Crippen molar-refractivity contribution < 1.29 is 13.9 Å². The third-order valence-corrected chi connectivity index (χ3v) is 4.60. The summed E-state index contributed by atoms with van der Waals surface area (Å²) in [5.41, 5.74) is 2.84. The van der Waals surface area contributed by atoms with E-state index in [0.29, 0.717) is 22.8 Å². The van der Waals surface area contributed by atoms with Crippen molar-refractivity contribution >= 4 is 28.3 Å². The molecular formula is C22H16N4O3. The number of amides is 1. The van der Waals surface area contributed by atoms with Gasteiger partial charge in [-0.15, -0.1) is 0 Å². The van der Waals surface area contributed by atoms with Crippen molar-refractivity contribution in [2.24, 2.45) is 0 Å². The average molecular weight is 384 g/mol. The molecule has 0 aliphatic carbocycles. The number of rotatable bonds is 4. The summed E-state index contributed by atoms with van der Waals surface area (Å²) in [5.74, 6) is 1.08. The number of aromatic nitrogens is 3. The number of ether oxygens (including phenoxy) is 1. The largest absolute Gasteiger partial charge is 0.493 e. The van der Waals surface area contributed by atoms with Gasteiger partial charge in [-0.25, -0.2) is 9.97 Å². The molecule has 3 aromatic heterocycles. The minimum absolute atomic E-state index is 0.215. The predicted octanol–water partition coefficient (Wildman–Crippen LogP) is 4.40. The van der Waals surface area contributed by atoms with E-state index in [9.17, 15) is 4.79 Å². The van der Waals surface area contributed by atoms with E-state index in [1.807, 2.05) is 59.3 Å². The van der Waals surface area contributed by atoms with Crippen molar-refractivity contribution in [2.75, 3.05) is 12.4 Å². The maximum absolute atomic E-state index is 12.7. The van der Waals surface area contributed by atoms with Crippen LogP contribution < -0.4 is 10.1 Å². The molecule has 0 spiro atoms. The quantitative estimate of drug-likeness (QED) is 0.497. The highest BCUT2D eigenvalue weighted by Crippen LogP contribution is 2.29. The fraction of sp³-hybridized carbons (Fsp3) is 0.0455. The molecule has 3 heterocycles. The highest BCUT2D eigenvalue weighted by atomic mass is 16.5. The van der Waals surface area contributed by atoms with E-state index < -0.39 is 0 Å². The molecule has 7 nitrogen and oxygen atoms in total. The van der Waals surface area contributed by atoms with Gasteiger partial charge >= 0.3 is 0 Å². The number of anilines is 1. The predicted molar refractivity (Wildman–Crippen MR) is 109 cm³/mol. The van der Waals surface area contributed by atoms with Gasteiger partial charge < -0.3 is 14.5 Å². The van der Waals surface area contributed by atoms with Gasteiger partial charge in [0.15, 0.2) is 17.1 Å². The van der Waals surface area contributed by atoms with E-state index in [4.69, 9.17) is 9.15 Å². The second-order valence-electron chi connectivity index (χ2n) is 6.48. The molecule has 5 rings (SSSR count). The smallest absolute Gasteiger partial charge is 0.291 e. The molecule has 0 saturated carbocycles. The molecular weight excluding hydrogens is 368 g/mol.